The van der Waals surface area contributed by atoms with Gasteiger partial charge in [-0.15, -0.1) is 0 Å². The highest BCUT2D eigenvalue weighted by Gasteiger charge is 2.25. The lowest BCUT2D eigenvalue weighted by atomic mass is 9.94. The van der Waals surface area contributed by atoms with E-state index in [1.54, 1.807) is 6.07 Å². The minimum absolute atomic E-state index is 0.0681. The van der Waals surface area contributed by atoms with Gasteiger partial charge >= 0.3 is 0 Å². The highest BCUT2D eigenvalue weighted by Crippen LogP contribution is 2.23. The van der Waals surface area contributed by atoms with E-state index < -0.39 is 0 Å². The van der Waals surface area contributed by atoms with Crippen LogP contribution in [0.15, 0.2) is 6.07 Å². The van der Waals surface area contributed by atoms with E-state index in [0.29, 0.717) is 16.8 Å². The molecule has 4 nitrogen and oxygen atoms in total. The van der Waals surface area contributed by atoms with Crippen molar-refractivity contribution >= 4 is 17.4 Å². The van der Waals surface area contributed by atoms with Gasteiger partial charge in [0.1, 0.15) is 16.8 Å². The Balaban J connectivity index is 3.03. The molecule has 0 amide bonds. The summed E-state index contributed by atoms with van der Waals surface area (Å²) in [5, 5.41) is 13.3. The third kappa shape index (κ3) is 3.56. The number of aliphatic hydroxyl groups excluding tert-OH is 1. The first-order chi connectivity index (χ1) is 8.46. The molecule has 0 aliphatic rings. The number of anilines is 1. The predicted octanol–water partition coefficient (Wildman–Crippen LogP) is 3.22. The molecule has 0 atom stereocenters. The molecule has 0 fully saturated rings. The Kier molecular flexibility index (Phi) is 5.35. The summed E-state index contributed by atoms with van der Waals surface area (Å²) in [6.45, 7) is 8.19. The Morgan fingerprint density at radius 2 is 1.94 bits per heavy atom. The summed E-state index contributed by atoms with van der Waals surface area (Å²) < 4.78 is 0. The predicted molar refractivity (Wildman–Crippen MR) is 75.2 cm³/mol. The summed E-state index contributed by atoms with van der Waals surface area (Å²) in [5.74, 6) is 1.61. The van der Waals surface area contributed by atoms with Gasteiger partial charge in [0, 0.05) is 12.0 Å². The van der Waals surface area contributed by atoms with Gasteiger partial charge in [0.25, 0.3) is 0 Å². The lowest BCUT2D eigenvalue weighted by molar-refractivity contribution is 0.202. The minimum atomic E-state index is -0.341. The van der Waals surface area contributed by atoms with Crippen molar-refractivity contribution in [2.45, 2.75) is 52.0 Å². The van der Waals surface area contributed by atoms with Crippen molar-refractivity contribution in [3.05, 3.63) is 17.0 Å². The lowest BCUT2D eigenvalue weighted by Gasteiger charge is -2.31. The standard InChI is InChI=1S/C13H22ClN3O/c1-5-13(6-2,8-18)17-11-7-10(14)15-12(16-11)9(3)4/h7,9,18H,5-6,8H2,1-4H3,(H,15,16,17). The van der Waals surface area contributed by atoms with E-state index in [1.807, 2.05) is 27.7 Å². The van der Waals surface area contributed by atoms with Gasteiger partial charge in [-0.25, -0.2) is 9.97 Å². The van der Waals surface area contributed by atoms with Crippen LogP contribution < -0.4 is 5.32 Å². The van der Waals surface area contributed by atoms with E-state index in [1.165, 1.54) is 0 Å². The monoisotopic (exact) mass is 271 g/mol. The number of rotatable bonds is 6. The molecule has 1 rings (SSSR count). The van der Waals surface area contributed by atoms with Gasteiger partial charge in [-0.2, -0.15) is 0 Å². The molecule has 0 aliphatic heterocycles. The van der Waals surface area contributed by atoms with Crippen molar-refractivity contribution < 1.29 is 5.11 Å². The van der Waals surface area contributed by atoms with E-state index in [2.05, 4.69) is 15.3 Å². The SMILES string of the molecule is CCC(CC)(CO)Nc1cc(Cl)nc(C(C)C)n1. The maximum absolute atomic E-state index is 9.55. The Bertz CT molecular complexity index is 384. The van der Waals surface area contributed by atoms with Gasteiger partial charge in [0.05, 0.1) is 12.1 Å². The molecule has 0 bridgehead atoms. The van der Waals surface area contributed by atoms with E-state index >= 15 is 0 Å². The van der Waals surface area contributed by atoms with Crippen molar-refractivity contribution in [2.24, 2.45) is 0 Å². The van der Waals surface area contributed by atoms with Crippen LogP contribution in [0.4, 0.5) is 5.82 Å². The lowest BCUT2D eigenvalue weighted by Crippen LogP contribution is -2.41. The highest BCUT2D eigenvalue weighted by atomic mass is 35.5. The van der Waals surface area contributed by atoms with E-state index in [4.69, 9.17) is 11.6 Å². The van der Waals surface area contributed by atoms with Gasteiger partial charge < -0.3 is 10.4 Å². The van der Waals surface area contributed by atoms with Crippen LogP contribution in [0.3, 0.4) is 0 Å². The van der Waals surface area contributed by atoms with Gasteiger partial charge in [0.15, 0.2) is 0 Å². The number of hydrogen-bond acceptors (Lipinski definition) is 4. The van der Waals surface area contributed by atoms with Crippen LogP contribution in [-0.2, 0) is 0 Å². The molecule has 18 heavy (non-hydrogen) atoms. The molecule has 2 N–H and O–H groups in total. The summed E-state index contributed by atoms with van der Waals surface area (Å²) >= 11 is 6.00. The molecule has 5 heteroatoms. The zero-order valence-electron chi connectivity index (χ0n) is 11.5. The first kappa shape index (κ1) is 15.2. The molecule has 0 saturated carbocycles. The number of aromatic nitrogens is 2. The third-order valence-electron chi connectivity index (χ3n) is 3.28. The van der Waals surface area contributed by atoms with E-state index in [0.717, 1.165) is 12.8 Å². The van der Waals surface area contributed by atoms with E-state index in [9.17, 15) is 5.11 Å². The van der Waals surface area contributed by atoms with Crippen molar-refractivity contribution in [1.82, 2.24) is 9.97 Å². The van der Waals surface area contributed by atoms with Crippen LogP contribution in [-0.4, -0.2) is 27.2 Å². The van der Waals surface area contributed by atoms with Crippen molar-refractivity contribution in [3.8, 4) is 0 Å². The molecule has 0 aromatic carbocycles. The van der Waals surface area contributed by atoms with Crippen LogP contribution in [0.2, 0.25) is 5.15 Å². The Morgan fingerprint density at radius 3 is 2.39 bits per heavy atom. The fraction of sp³-hybridized carbons (Fsp3) is 0.692. The summed E-state index contributed by atoms with van der Waals surface area (Å²) in [5.41, 5.74) is -0.341. The summed E-state index contributed by atoms with van der Waals surface area (Å²) in [4.78, 5) is 8.64. The molecule has 0 radical (unpaired) electrons. The maximum atomic E-state index is 9.55. The average molecular weight is 272 g/mol. The van der Waals surface area contributed by atoms with Crippen molar-refractivity contribution in [2.75, 3.05) is 11.9 Å². The number of nitrogens with zero attached hydrogens (tertiary/aromatic N) is 2. The van der Waals surface area contributed by atoms with Crippen molar-refractivity contribution in [1.29, 1.82) is 0 Å². The minimum Gasteiger partial charge on any atom is -0.394 e. The second kappa shape index (κ2) is 6.34. The first-order valence-electron chi connectivity index (χ1n) is 6.40. The van der Waals surface area contributed by atoms with Crippen LogP contribution in [0, 0.1) is 0 Å². The third-order valence-corrected chi connectivity index (χ3v) is 3.47. The molecule has 1 aromatic heterocycles. The molecular formula is C13H22ClN3O. The maximum Gasteiger partial charge on any atom is 0.135 e. The fourth-order valence-corrected chi connectivity index (χ4v) is 1.91. The molecule has 102 valence electrons. The van der Waals surface area contributed by atoms with Gasteiger partial charge in [-0.1, -0.05) is 39.3 Å². The smallest absolute Gasteiger partial charge is 0.135 e. The number of aliphatic hydroxyl groups is 1. The molecule has 0 aliphatic carbocycles. The Morgan fingerprint density at radius 1 is 1.33 bits per heavy atom. The van der Waals surface area contributed by atoms with Gasteiger partial charge in [0.2, 0.25) is 0 Å². The fourth-order valence-electron chi connectivity index (χ4n) is 1.72. The number of hydrogen-bond donors (Lipinski definition) is 2. The van der Waals surface area contributed by atoms with Gasteiger partial charge in [-0.05, 0) is 12.8 Å². The Labute approximate surface area is 114 Å². The summed E-state index contributed by atoms with van der Waals surface area (Å²) in [6, 6.07) is 1.70. The zero-order chi connectivity index (χ0) is 13.8. The first-order valence-corrected chi connectivity index (χ1v) is 6.77. The van der Waals surface area contributed by atoms with Crippen LogP contribution >= 0.6 is 11.6 Å². The van der Waals surface area contributed by atoms with E-state index in [-0.39, 0.29) is 18.1 Å². The molecule has 0 unspecified atom stereocenters. The van der Waals surface area contributed by atoms with Crippen LogP contribution in [0.25, 0.3) is 0 Å². The quantitative estimate of drug-likeness (QED) is 0.780. The topological polar surface area (TPSA) is 58.0 Å². The second-order valence-corrected chi connectivity index (χ2v) is 5.25. The molecule has 0 saturated heterocycles. The van der Waals surface area contributed by atoms with Crippen LogP contribution in [0.5, 0.6) is 0 Å². The largest absolute Gasteiger partial charge is 0.394 e. The van der Waals surface area contributed by atoms with Crippen LogP contribution in [0.1, 0.15) is 52.3 Å². The average Bonchev–Trinajstić information content (AvgIpc) is 2.35. The second-order valence-electron chi connectivity index (χ2n) is 4.86. The summed E-state index contributed by atoms with van der Waals surface area (Å²) in [6.07, 6.45) is 1.64. The zero-order valence-corrected chi connectivity index (χ0v) is 12.3. The Hall–Kier alpha value is -0.870. The van der Waals surface area contributed by atoms with Crippen molar-refractivity contribution in [3.63, 3.8) is 0 Å². The van der Waals surface area contributed by atoms with Gasteiger partial charge in [-0.3, -0.25) is 0 Å². The molecule has 1 heterocycles. The summed E-state index contributed by atoms with van der Waals surface area (Å²) in [7, 11) is 0. The highest BCUT2D eigenvalue weighted by molar-refractivity contribution is 6.29. The molecule has 0 spiro atoms. The number of halogens is 1. The molecule has 1 aromatic rings. The normalized spacial score (nSPS) is 11.9. The molecular weight excluding hydrogens is 250 g/mol. The number of nitrogens with one attached hydrogen (secondary N) is 1.